The first-order chi connectivity index (χ1) is 6.22. The van der Waals surface area contributed by atoms with Crippen LogP contribution >= 0.6 is 0 Å². The van der Waals surface area contributed by atoms with Gasteiger partial charge >= 0.3 is 16.9 Å². The summed E-state index contributed by atoms with van der Waals surface area (Å²) in [5, 5.41) is 0. The van der Waals surface area contributed by atoms with Crippen molar-refractivity contribution in [3.8, 4) is 0 Å². The molecule has 2 atom stereocenters. The number of hydrogen-bond acceptors (Lipinski definition) is 5. The van der Waals surface area contributed by atoms with Gasteiger partial charge in [-0.3, -0.25) is 8.37 Å². The number of halogens is 3. The van der Waals surface area contributed by atoms with Gasteiger partial charge in [0.25, 0.3) is 9.84 Å². The van der Waals surface area contributed by atoms with Crippen molar-refractivity contribution in [2.75, 3.05) is 12.4 Å². The van der Waals surface area contributed by atoms with Crippen molar-refractivity contribution >= 4 is 21.2 Å². The summed E-state index contributed by atoms with van der Waals surface area (Å²) in [6.07, 6.45) is -1.33. The molecular weight excluding hydrogens is 249 g/mol. The van der Waals surface area contributed by atoms with E-state index in [-0.39, 0.29) is 0 Å². The third kappa shape index (κ3) is 2.65. The summed E-state index contributed by atoms with van der Waals surface area (Å²) in [5.74, 6) is -1.28. The molecule has 84 valence electrons. The average Bonchev–Trinajstić information content (AvgIpc) is 2.31. The van der Waals surface area contributed by atoms with Crippen molar-refractivity contribution in [1.29, 1.82) is 0 Å². The third-order valence-electron chi connectivity index (χ3n) is 1.32. The molecule has 0 amide bonds. The molecule has 1 fully saturated rings. The number of rotatable bonds is 2. The molecule has 0 aromatic heterocycles. The Hall–Kier alpha value is -0.190. The maximum atomic E-state index is 11.8. The first-order valence-corrected chi connectivity index (χ1v) is 5.89. The van der Waals surface area contributed by atoms with Crippen LogP contribution in [0, 0.1) is 0 Å². The minimum atomic E-state index is -5.32. The van der Waals surface area contributed by atoms with Gasteiger partial charge in [-0.05, 0) is 0 Å². The van der Waals surface area contributed by atoms with Crippen LogP contribution in [0.15, 0.2) is 0 Å². The highest BCUT2D eigenvalue weighted by Gasteiger charge is 2.47. The van der Waals surface area contributed by atoms with Crippen molar-refractivity contribution < 1.29 is 34.2 Å². The molecule has 10 heteroatoms. The SMILES string of the molecule is O=S1OCC(CS(=O)(=O)C(F)(F)F)O1. The molecule has 1 rings (SSSR count). The highest BCUT2D eigenvalue weighted by molar-refractivity contribution is 7.92. The normalized spacial score (nSPS) is 29.4. The molecule has 0 spiro atoms. The molecule has 0 aromatic rings. The molecule has 0 N–H and O–H groups in total. The molecule has 5 nitrogen and oxygen atoms in total. The van der Waals surface area contributed by atoms with Crippen LogP contribution in [0.25, 0.3) is 0 Å². The van der Waals surface area contributed by atoms with E-state index >= 15 is 0 Å². The number of sulfone groups is 1. The van der Waals surface area contributed by atoms with Crippen LogP contribution in [-0.2, 0) is 29.6 Å². The Morgan fingerprint density at radius 3 is 2.36 bits per heavy atom. The summed E-state index contributed by atoms with van der Waals surface area (Å²) >= 11 is -2.15. The van der Waals surface area contributed by atoms with Gasteiger partial charge in [-0.1, -0.05) is 0 Å². The summed E-state index contributed by atoms with van der Waals surface area (Å²) in [6.45, 7) is -0.429. The van der Waals surface area contributed by atoms with Crippen LogP contribution in [-0.4, -0.2) is 36.6 Å². The van der Waals surface area contributed by atoms with Crippen LogP contribution in [0.3, 0.4) is 0 Å². The summed E-state index contributed by atoms with van der Waals surface area (Å²) in [4.78, 5) is 0. The van der Waals surface area contributed by atoms with Gasteiger partial charge in [-0.15, -0.1) is 0 Å². The first kappa shape index (κ1) is 11.9. The summed E-state index contributed by atoms with van der Waals surface area (Å²) in [7, 11) is -5.24. The minimum absolute atomic E-state index is 0.429. The van der Waals surface area contributed by atoms with E-state index in [4.69, 9.17) is 0 Å². The highest BCUT2D eigenvalue weighted by atomic mass is 32.2. The zero-order chi connectivity index (χ0) is 11.0. The lowest BCUT2D eigenvalue weighted by Gasteiger charge is -2.09. The van der Waals surface area contributed by atoms with Gasteiger partial charge in [0.2, 0.25) is 0 Å². The molecule has 2 unspecified atom stereocenters. The minimum Gasteiger partial charge on any atom is -0.266 e. The van der Waals surface area contributed by atoms with E-state index in [0.29, 0.717) is 0 Å². The second-order valence-electron chi connectivity index (χ2n) is 2.43. The van der Waals surface area contributed by atoms with Crippen LogP contribution in [0.5, 0.6) is 0 Å². The maximum Gasteiger partial charge on any atom is 0.497 e. The quantitative estimate of drug-likeness (QED) is 0.689. The predicted octanol–water partition coefficient (Wildman–Crippen LogP) is -0.0849. The number of alkyl halides is 3. The Balaban J connectivity index is 2.65. The summed E-state index contributed by atoms with van der Waals surface area (Å²) < 4.78 is 75.5. The van der Waals surface area contributed by atoms with Crippen molar-refractivity contribution in [2.24, 2.45) is 0 Å². The van der Waals surface area contributed by atoms with Crippen LogP contribution in [0.1, 0.15) is 0 Å². The fraction of sp³-hybridized carbons (Fsp3) is 1.00. The van der Waals surface area contributed by atoms with Crippen molar-refractivity contribution in [2.45, 2.75) is 11.6 Å². The van der Waals surface area contributed by atoms with Gasteiger partial charge in [-0.2, -0.15) is 17.4 Å². The van der Waals surface area contributed by atoms with Crippen molar-refractivity contribution in [3.05, 3.63) is 0 Å². The zero-order valence-corrected chi connectivity index (χ0v) is 8.12. The van der Waals surface area contributed by atoms with E-state index in [0.717, 1.165) is 0 Å². The standard InChI is InChI=1S/C4H5F3O5S2/c5-4(6,7)14(9,10)2-3-1-11-13(8)12-3/h3H,1-2H2. The highest BCUT2D eigenvalue weighted by Crippen LogP contribution is 2.26. The molecule has 1 saturated heterocycles. The second kappa shape index (κ2) is 3.76. The molecular formula is C4H5F3O5S2. The largest absolute Gasteiger partial charge is 0.497 e. The fourth-order valence-corrected chi connectivity index (χ4v) is 2.31. The molecule has 0 saturated carbocycles. The molecule has 1 aliphatic heterocycles. The Bertz CT molecular complexity index is 333. The first-order valence-electron chi connectivity index (χ1n) is 3.23. The van der Waals surface area contributed by atoms with Crippen LogP contribution < -0.4 is 0 Å². The lowest BCUT2D eigenvalue weighted by molar-refractivity contribution is -0.0441. The molecule has 1 heterocycles. The summed E-state index contributed by atoms with van der Waals surface area (Å²) in [5.41, 5.74) is -5.32. The van der Waals surface area contributed by atoms with Crippen LogP contribution in [0.2, 0.25) is 0 Å². The van der Waals surface area contributed by atoms with Gasteiger partial charge in [0.05, 0.1) is 12.4 Å². The van der Waals surface area contributed by atoms with E-state index in [1.807, 2.05) is 0 Å². The van der Waals surface area contributed by atoms with Gasteiger partial charge in [0.1, 0.15) is 6.10 Å². The van der Waals surface area contributed by atoms with Gasteiger partial charge in [0, 0.05) is 0 Å². The number of hydrogen-bond donors (Lipinski definition) is 0. The van der Waals surface area contributed by atoms with Crippen molar-refractivity contribution in [1.82, 2.24) is 0 Å². The Kier molecular flexibility index (Phi) is 3.19. The Morgan fingerprint density at radius 2 is 2.00 bits per heavy atom. The summed E-state index contributed by atoms with van der Waals surface area (Å²) in [6, 6.07) is 0. The lowest BCUT2D eigenvalue weighted by Crippen LogP contribution is -2.33. The maximum absolute atomic E-state index is 11.8. The lowest BCUT2D eigenvalue weighted by atomic mass is 10.4. The van der Waals surface area contributed by atoms with Gasteiger partial charge in [0.15, 0.2) is 0 Å². The predicted molar refractivity (Wildman–Crippen MR) is 38.8 cm³/mol. The average molecular weight is 254 g/mol. The van der Waals surface area contributed by atoms with E-state index in [9.17, 15) is 25.8 Å². The Labute approximate surface area is 80.0 Å². The topological polar surface area (TPSA) is 69.7 Å². The second-order valence-corrected chi connectivity index (χ2v) is 5.30. The third-order valence-corrected chi connectivity index (χ3v) is 3.60. The molecule has 0 radical (unpaired) electrons. The molecule has 0 aromatic carbocycles. The molecule has 0 bridgehead atoms. The molecule has 0 aliphatic carbocycles. The smallest absolute Gasteiger partial charge is 0.266 e. The molecule has 14 heavy (non-hydrogen) atoms. The van der Waals surface area contributed by atoms with E-state index in [1.54, 1.807) is 0 Å². The van der Waals surface area contributed by atoms with Gasteiger partial charge in [-0.25, -0.2) is 8.42 Å². The van der Waals surface area contributed by atoms with E-state index in [2.05, 4.69) is 8.37 Å². The van der Waals surface area contributed by atoms with Crippen LogP contribution in [0.4, 0.5) is 13.2 Å². The molecule has 1 aliphatic rings. The Morgan fingerprint density at radius 1 is 1.43 bits per heavy atom. The van der Waals surface area contributed by atoms with E-state index < -0.39 is 45.2 Å². The van der Waals surface area contributed by atoms with Gasteiger partial charge < -0.3 is 0 Å². The zero-order valence-electron chi connectivity index (χ0n) is 6.48. The monoisotopic (exact) mass is 254 g/mol. The van der Waals surface area contributed by atoms with Crippen molar-refractivity contribution in [3.63, 3.8) is 0 Å². The fourth-order valence-electron chi connectivity index (χ4n) is 0.713. The van der Waals surface area contributed by atoms with E-state index in [1.165, 1.54) is 0 Å².